The van der Waals surface area contributed by atoms with Gasteiger partial charge in [0.15, 0.2) is 5.69 Å². The van der Waals surface area contributed by atoms with Crippen LogP contribution in [0.5, 0.6) is 0 Å². The number of nitrogens with zero attached hydrogens (tertiary/aromatic N) is 3. The highest BCUT2D eigenvalue weighted by Crippen LogP contribution is 2.26. The lowest BCUT2D eigenvalue weighted by molar-refractivity contribution is 0.102. The van der Waals surface area contributed by atoms with Crippen LogP contribution in [0.3, 0.4) is 0 Å². The molecule has 6 nitrogen and oxygen atoms in total. The van der Waals surface area contributed by atoms with Gasteiger partial charge < -0.3 is 5.32 Å². The maximum Gasteiger partial charge on any atom is 0.277 e. The van der Waals surface area contributed by atoms with E-state index in [1.165, 1.54) is 6.20 Å². The van der Waals surface area contributed by atoms with Gasteiger partial charge in [-0.25, -0.2) is 0 Å². The van der Waals surface area contributed by atoms with Crippen LogP contribution in [-0.4, -0.2) is 25.9 Å². The standard InChI is InChI=1S/C14H9Br2Cl2N5O/c15-11-12(21-22-13(11)16)14(24)20-7-4-19-23(5-7)6-8-9(17)2-1-3-10(8)18/h1-5H,6H2,(H,20,24)(H,21,22). The van der Waals surface area contributed by atoms with Gasteiger partial charge in [0.05, 0.1) is 22.9 Å². The summed E-state index contributed by atoms with van der Waals surface area (Å²) in [6.45, 7) is 0.395. The molecule has 1 aromatic carbocycles. The van der Waals surface area contributed by atoms with Crippen molar-refractivity contribution >= 4 is 66.7 Å². The van der Waals surface area contributed by atoms with E-state index in [1.807, 2.05) is 0 Å². The summed E-state index contributed by atoms with van der Waals surface area (Å²) in [5, 5.41) is 14.6. The molecule has 2 aromatic heterocycles. The maximum absolute atomic E-state index is 12.2. The van der Waals surface area contributed by atoms with Gasteiger partial charge in [0.2, 0.25) is 0 Å². The van der Waals surface area contributed by atoms with E-state index in [1.54, 1.807) is 29.1 Å². The zero-order valence-corrected chi connectivity index (χ0v) is 16.5. The summed E-state index contributed by atoms with van der Waals surface area (Å²) in [6.07, 6.45) is 3.23. The molecule has 0 radical (unpaired) electrons. The predicted octanol–water partition coefficient (Wildman–Crippen LogP) is 4.74. The van der Waals surface area contributed by atoms with Gasteiger partial charge >= 0.3 is 0 Å². The predicted molar refractivity (Wildman–Crippen MR) is 99.7 cm³/mol. The Labute approximate surface area is 163 Å². The Morgan fingerprint density at radius 1 is 1.29 bits per heavy atom. The number of carbonyl (C=O) groups is 1. The maximum atomic E-state index is 12.2. The number of halogens is 4. The molecular formula is C14H9Br2Cl2N5O. The fraction of sp³-hybridized carbons (Fsp3) is 0.0714. The van der Waals surface area contributed by atoms with Crippen molar-refractivity contribution in [3.63, 3.8) is 0 Å². The molecule has 0 aliphatic rings. The van der Waals surface area contributed by atoms with Crippen molar-refractivity contribution in [2.75, 3.05) is 5.32 Å². The minimum atomic E-state index is -0.362. The fourth-order valence-electron chi connectivity index (χ4n) is 2.01. The van der Waals surface area contributed by atoms with Gasteiger partial charge in [0.25, 0.3) is 5.91 Å². The van der Waals surface area contributed by atoms with Crippen LogP contribution in [0.1, 0.15) is 16.1 Å². The quantitative estimate of drug-likeness (QED) is 0.551. The first kappa shape index (κ1) is 17.5. The Hall–Kier alpha value is -1.35. The molecule has 0 saturated heterocycles. The third-order valence-electron chi connectivity index (χ3n) is 3.15. The third-order valence-corrected chi connectivity index (χ3v) is 5.74. The van der Waals surface area contributed by atoms with Crippen LogP contribution in [0, 0.1) is 0 Å². The lowest BCUT2D eigenvalue weighted by Gasteiger charge is -2.06. The second-order valence-electron chi connectivity index (χ2n) is 4.78. The molecule has 24 heavy (non-hydrogen) atoms. The Morgan fingerprint density at radius 2 is 2.00 bits per heavy atom. The zero-order chi connectivity index (χ0) is 17.3. The Bertz CT molecular complexity index is 888. The zero-order valence-electron chi connectivity index (χ0n) is 11.9. The minimum absolute atomic E-state index is 0.240. The highest BCUT2D eigenvalue weighted by molar-refractivity contribution is 9.13. The van der Waals surface area contributed by atoms with Crippen molar-refractivity contribution in [3.8, 4) is 0 Å². The molecule has 2 heterocycles. The van der Waals surface area contributed by atoms with E-state index in [0.29, 0.717) is 31.4 Å². The van der Waals surface area contributed by atoms with Crippen LogP contribution in [-0.2, 0) is 6.54 Å². The normalized spacial score (nSPS) is 10.8. The van der Waals surface area contributed by atoms with Crippen LogP contribution in [0.2, 0.25) is 10.0 Å². The molecular weight excluding hydrogens is 485 g/mol. The van der Waals surface area contributed by atoms with Gasteiger partial charge in [-0.15, -0.1) is 0 Å². The number of aromatic nitrogens is 4. The second-order valence-corrected chi connectivity index (χ2v) is 7.18. The van der Waals surface area contributed by atoms with Gasteiger partial charge in [0.1, 0.15) is 4.60 Å². The molecule has 124 valence electrons. The monoisotopic (exact) mass is 491 g/mol. The summed E-state index contributed by atoms with van der Waals surface area (Å²) < 4.78 is 2.78. The van der Waals surface area contributed by atoms with Gasteiger partial charge in [-0.2, -0.15) is 10.2 Å². The first-order chi connectivity index (χ1) is 11.5. The van der Waals surface area contributed by atoms with E-state index >= 15 is 0 Å². The molecule has 2 N–H and O–H groups in total. The summed E-state index contributed by atoms with van der Waals surface area (Å²) >= 11 is 18.8. The van der Waals surface area contributed by atoms with E-state index < -0.39 is 0 Å². The van der Waals surface area contributed by atoms with Gasteiger partial charge in [0, 0.05) is 21.8 Å². The largest absolute Gasteiger partial charge is 0.318 e. The highest BCUT2D eigenvalue weighted by atomic mass is 79.9. The van der Waals surface area contributed by atoms with Gasteiger partial charge in [-0.1, -0.05) is 29.3 Å². The molecule has 3 rings (SSSR count). The van der Waals surface area contributed by atoms with E-state index in [0.717, 1.165) is 5.56 Å². The summed E-state index contributed by atoms with van der Waals surface area (Å²) in [5.74, 6) is -0.362. The van der Waals surface area contributed by atoms with Crippen molar-refractivity contribution in [3.05, 3.63) is 61.0 Å². The van der Waals surface area contributed by atoms with Crippen LogP contribution in [0.15, 0.2) is 39.7 Å². The molecule has 3 aromatic rings. The van der Waals surface area contributed by atoms with Crippen molar-refractivity contribution in [1.82, 2.24) is 20.0 Å². The Morgan fingerprint density at radius 3 is 2.62 bits per heavy atom. The van der Waals surface area contributed by atoms with E-state index in [4.69, 9.17) is 23.2 Å². The number of hydrogen-bond acceptors (Lipinski definition) is 3. The van der Waals surface area contributed by atoms with E-state index in [9.17, 15) is 4.79 Å². The molecule has 0 aliphatic carbocycles. The van der Waals surface area contributed by atoms with E-state index in [-0.39, 0.29) is 11.6 Å². The summed E-state index contributed by atoms with van der Waals surface area (Å²) in [4.78, 5) is 12.2. The van der Waals surface area contributed by atoms with Crippen molar-refractivity contribution in [2.45, 2.75) is 6.54 Å². The summed E-state index contributed by atoms with van der Waals surface area (Å²) in [7, 11) is 0. The van der Waals surface area contributed by atoms with Gasteiger partial charge in [-0.3, -0.25) is 14.6 Å². The number of benzene rings is 1. The number of rotatable bonds is 4. The number of anilines is 1. The summed E-state index contributed by atoms with van der Waals surface area (Å²) in [6, 6.07) is 5.31. The smallest absolute Gasteiger partial charge is 0.277 e. The van der Waals surface area contributed by atoms with Gasteiger partial charge in [-0.05, 0) is 44.0 Å². The molecule has 0 fully saturated rings. The average molecular weight is 494 g/mol. The van der Waals surface area contributed by atoms with Crippen molar-refractivity contribution < 1.29 is 4.79 Å². The SMILES string of the molecule is O=C(Nc1cnn(Cc2c(Cl)cccc2Cl)c1)c1n[nH]c(Br)c1Br. The molecule has 1 amide bonds. The number of carbonyl (C=O) groups excluding carboxylic acids is 1. The van der Waals surface area contributed by atoms with E-state index in [2.05, 4.69) is 52.5 Å². The number of aromatic amines is 1. The number of H-pyrrole nitrogens is 1. The van der Waals surface area contributed by atoms with Crippen LogP contribution in [0.25, 0.3) is 0 Å². The number of nitrogens with one attached hydrogen (secondary N) is 2. The third kappa shape index (κ3) is 3.66. The lowest BCUT2D eigenvalue weighted by atomic mass is 10.2. The number of amides is 1. The molecule has 0 spiro atoms. The first-order valence-corrected chi connectivity index (χ1v) is 8.96. The molecule has 10 heteroatoms. The Kier molecular flexibility index (Phi) is 5.29. The van der Waals surface area contributed by atoms with Crippen molar-refractivity contribution in [1.29, 1.82) is 0 Å². The van der Waals surface area contributed by atoms with Crippen LogP contribution < -0.4 is 5.32 Å². The average Bonchev–Trinajstić information content (AvgIpc) is 3.11. The molecule has 0 unspecified atom stereocenters. The lowest BCUT2D eigenvalue weighted by Crippen LogP contribution is -2.12. The second kappa shape index (κ2) is 7.26. The molecule has 0 atom stereocenters. The Balaban J connectivity index is 1.74. The van der Waals surface area contributed by atoms with Crippen molar-refractivity contribution in [2.24, 2.45) is 0 Å². The fourth-order valence-corrected chi connectivity index (χ4v) is 3.16. The molecule has 0 saturated carbocycles. The highest BCUT2D eigenvalue weighted by Gasteiger charge is 2.17. The molecule has 0 aliphatic heterocycles. The topological polar surface area (TPSA) is 75.6 Å². The number of hydrogen-bond donors (Lipinski definition) is 2. The molecule has 0 bridgehead atoms. The van der Waals surface area contributed by atoms with Crippen LogP contribution >= 0.6 is 55.1 Å². The van der Waals surface area contributed by atoms with Crippen LogP contribution in [0.4, 0.5) is 5.69 Å². The minimum Gasteiger partial charge on any atom is -0.318 e. The summed E-state index contributed by atoms with van der Waals surface area (Å²) in [5.41, 5.74) is 1.54. The first-order valence-electron chi connectivity index (χ1n) is 6.61.